The fraction of sp³-hybridized carbons (Fsp3) is 0.643. The number of guanidine groups is 1. The number of aryl methyl sites for hydroxylation is 1. The molecule has 1 saturated heterocycles. The third kappa shape index (κ3) is 4.69. The van der Waals surface area contributed by atoms with Gasteiger partial charge in [0.05, 0.1) is 12.3 Å². The highest BCUT2D eigenvalue weighted by molar-refractivity contribution is 7.89. The van der Waals surface area contributed by atoms with Gasteiger partial charge >= 0.3 is 0 Å². The highest BCUT2D eigenvalue weighted by Crippen LogP contribution is 2.16. The maximum Gasteiger partial charge on any atom is 0.214 e. The van der Waals surface area contributed by atoms with Gasteiger partial charge in [0.2, 0.25) is 10.0 Å². The van der Waals surface area contributed by atoms with Crippen molar-refractivity contribution in [3.8, 4) is 0 Å². The lowest BCUT2D eigenvalue weighted by Crippen LogP contribution is -2.42. The summed E-state index contributed by atoms with van der Waals surface area (Å²) in [5.74, 6) is 1.01. The molecule has 0 unspecified atom stereocenters. The van der Waals surface area contributed by atoms with Crippen LogP contribution in [0.2, 0.25) is 0 Å². The van der Waals surface area contributed by atoms with Crippen LogP contribution in [0.15, 0.2) is 16.4 Å². The van der Waals surface area contributed by atoms with Crippen molar-refractivity contribution in [2.45, 2.75) is 26.8 Å². The van der Waals surface area contributed by atoms with Crippen LogP contribution in [-0.4, -0.2) is 50.6 Å². The summed E-state index contributed by atoms with van der Waals surface area (Å²) in [4.78, 5) is 5.80. The third-order valence-corrected chi connectivity index (χ3v) is 6.51. The molecule has 1 aromatic heterocycles. The lowest BCUT2D eigenvalue weighted by atomic mass is 10.3. The highest BCUT2D eigenvalue weighted by Gasteiger charge is 2.27. The molecule has 1 fully saturated rings. The van der Waals surface area contributed by atoms with E-state index >= 15 is 0 Å². The Balaban J connectivity index is 1.85. The quantitative estimate of drug-likeness (QED) is 0.600. The van der Waals surface area contributed by atoms with Gasteiger partial charge in [0, 0.05) is 31.1 Å². The Morgan fingerprint density at radius 1 is 1.45 bits per heavy atom. The van der Waals surface area contributed by atoms with Crippen molar-refractivity contribution < 1.29 is 8.42 Å². The molecule has 6 nitrogen and oxygen atoms in total. The number of thiophene rings is 1. The van der Waals surface area contributed by atoms with Crippen LogP contribution in [0.5, 0.6) is 0 Å². The number of nitrogens with one attached hydrogen (secondary N) is 2. The van der Waals surface area contributed by atoms with Gasteiger partial charge in [-0.15, -0.1) is 11.3 Å². The first-order chi connectivity index (χ1) is 10.5. The first kappa shape index (κ1) is 17.2. The molecular weight excluding hydrogens is 320 g/mol. The van der Waals surface area contributed by atoms with E-state index in [1.165, 1.54) is 10.4 Å². The second-order valence-electron chi connectivity index (χ2n) is 5.22. The molecule has 124 valence electrons. The molecule has 8 heteroatoms. The number of nitrogens with zero attached hydrogens (tertiary/aromatic N) is 2. The molecular formula is C14H24N4O2S2. The average Bonchev–Trinajstić information content (AvgIpc) is 3.02. The van der Waals surface area contributed by atoms with E-state index < -0.39 is 10.0 Å². The average molecular weight is 345 g/mol. The van der Waals surface area contributed by atoms with Gasteiger partial charge < -0.3 is 10.6 Å². The van der Waals surface area contributed by atoms with E-state index in [9.17, 15) is 8.42 Å². The van der Waals surface area contributed by atoms with E-state index in [1.54, 1.807) is 15.6 Å². The van der Waals surface area contributed by atoms with Gasteiger partial charge in [0.1, 0.15) is 0 Å². The van der Waals surface area contributed by atoms with Crippen LogP contribution in [0.1, 0.15) is 23.8 Å². The van der Waals surface area contributed by atoms with Crippen molar-refractivity contribution in [1.29, 1.82) is 0 Å². The standard InChI is InChI=1S/C14H24N4O2S2/c1-3-15-14(17-11-13-12(2)5-9-21-13)16-6-8-18-7-4-10-22(18,19)20/h5,9H,3-4,6-8,10-11H2,1-2H3,(H2,15,16,17). The second kappa shape index (κ2) is 7.94. The summed E-state index contributed by atoms with van der Waals surface area (Å²) in [5, 5.41) is 8.46. The van der Waals surface area contributed by atoms with Gasteiger partial charge in [-0.25, -0.2) is 17.7 Å². The van der Waals surface area contributed by atoms with Crippen molar-refractivity contribution in [1.82, 2.24) is 14.9 Å². The molecule has 0 radical (unpaired) electrons. The van der Waals surface area contributed by atoms with Crippen molar-refractivity contribution in [2.75, 3.05) is 31.9 Å². The molecule has 1 aromatic rings. The van der Waals surface area contributed by atoms with Gasteiger partial charge in [0.15, 0.2) is 5.96 Å². The van der Waals surface area contributed by atoms with Gasteiger partial charge in [-0.1, -0.05) is 0 Å². The van der Waals surface area contributed by atoms with Crippen LogP contribution in [0.4, 0.5) is 0 Å². The van der Waals surface area contributed by atoms with Gasteiger partial charge in [-0.05, 0) is 37.3 Å². The Hall–Kier alpha value is -1.12. The number of rotatable bonds is 6. The second-order valence-corrected chi connectivity index (χ2v) is 8.31. The Bertz CT molecular complexity index is 610. The minimum atomic E-state index is -3.02. The van der Waals surface area contributed by atoms with Crippen molar-refractivity contribution in [3.05, 3.63) is 21.9 Å². The maximum absolute atomic E-state index is 11.7. The minimum absolute atomic E-state index is 0.277. The van der Waals surface area contributed by atoms with Crippen LogP contribution >= 0.6 is 11.3 Å². The van der Waals surface area contributed by atoms with Crippen LogP contribution in [0.3, 0.4) is 0 Å². The number of hydrogen-bond acceptors (Lipinski definition) is 4. The Labute approximate surface area is 136 Å². The molecule has 2 N–H and O–H groups in total. The Kier molecular flexibility index (Phi) is 6.22. The largest absolute Gasteiger partial charge is 0.357 e. The molecule has 22 heavy (non-hydrogen) atoms. The molecule has 1 aliphatic heterocycles. The van der Waals surface area contributed by atoms with Crippen molar-refractivity contribution in [3.63, 3.8) is 0 Å². The van der Waals surface area contributed by atoms with Gasteiger partial charge in [-0.2, -0.15) is 0 Å². The lowest BCUT2D eigenvalue weighted by Gasteiger charge is -2.16. The third-order valence-electron chi connectivity index (χ3n) is 3.55. The summed E-state index contributed by atoms with van der Waals surface area (Å²) in [5.41, 5.74) is 1.26. The van der Waals surface area contributed by atoms with Crippen molar-refractivity contribution >= 4 is 27.3 Å². The normalized spacial score (nSPS) is 18.5. The monoisotopic (exact) mass is 344 g/mol. The smallest absolute Gasteiger partial charge is 0.214 e. The minimum Gasteiger partial charge on any atom is -0.357 e. The summed E-state index contributed by atoms with van der Waals surface area (Å²) < 4.78 is 25.0. The first-order valence-electron chi connectivity index (χ1n) is 7.56. The predicted octanol–water partition coefficient (Wildman–Crippen LogP) is 1.15. The number of aliphatic imine (C=N–C) groups is 1. The topological polar surface area (TPSA) is 73.8 Å². The first-order valence-corrected chi connectivity index (χ1v) is 10.0. The molecule has 0 bridgehead atoms. The number of hydrogen-bond donors (Lipinski definition) is 2. The van der Waals surface area contributed by atoms with Crippen LogP contribution in [0, 0.1) is 6.92 Å². The highest BCUT2D eigenvalue weighted by atomic mass is 32.2. The molecule has 0 aromatic carbocycles. The van der Waals surface area contributed by atoms with Crippen LogP contribution in [0.25, 0.3) is 0 Å². The molecule has 0 aliphatic carbocycles. The van der Waals surface area contributed by atoms with E-state index in [4.69, 9.17) is 0 Å². The fourth-order valence-electron chi connectivity index (χ4n) is 2.30. The van der Waals surface area contributed by atoms with E-state index in [2.05, 4.69) is 34.0 Å². The zero-order chi connectivity index (χ0) is 16.0. The summed E-state index contributed by atoms with van der Waals surface area (Å²) in [6.07, 6.45) is 0.730. The molecule has 0 spiro atoms. The van der Waals surface area contributed by atoms with Gasteiger partial charge in [0.25, 0.3) is 0 Å². The number of sulfonamides is 1. The van der Waals surface area contributed by atoms with Crippen LogP contribution in [-0.2, 0) is 16.6 Å². The zero-order valence-corrected chi connectivity index (χ0v) is 14.8. The SMILES string of the molecule is CCNC(=NCc1sccc1C)NCCN1CCCS1(=O)=O. The summed E-state index contributed by atoms with van der Waals surface area (Å²) >= 11 is 1.70. The Morgan fingerprint density at radius 3 is 2.86 bits per heavy atom. The Morgan fingerprint density at radius 2 is 2.27 bits per heavy atom. The van der Waals surface area contributed by atoms with E-state index in [0.717, 1.165) is 18.9 Å². The fourth-order valence-corrected chi connectivity index (χ4v) is 4.66. The van der Waals surface area contributed by atoms with Crippen LogP contribution < -0.4 is 10.6 Å². The zero-order valence-electron chi connectivity index (χ0n) is 13.1. The summed E-state index contributed by atoms with van der Waals surface area (Å²) in [6.45, 7) is 7.20. The molecule has 0 amide bonds. The molecule has 0 saturated carbocycles. The molecule has 2 rings (SSSR count). The predicted molar refractivity (Wildman–Crippen MR) is 91.9 cm³/mol. The maximum atomic E-state index is 11.7. The summed E-state index contributed by atoms with van der Waals surface area (Å²) in [7, 11) is -3.02. The van der Waals surface area contributed by atoms with E-state index in [-0.39, 0.29) is 5.75 Å². The molecule has 2 heterocycles. The van der Waals surface area contributed by atoms with Crippen molar-refractivity contribution in [2.24, 2.45) is 4.99 Å². The molecule has 0 atom stereocenters. The summed E-state index contributed by atoms with van der Waals surface area (Å²) in [6, 6.07) is 2.09. The molecule has 1 aliphatic rings. The lowest BCUT2D eigenvalue weighted by molar-refractivity contribution is 0.445. The van der Waals surface area contributed by atoms with E-state index in [1.807, 2.05) is 6.92 Å². The van der Waals surface area contributed by atoms with E-state index in [0.29, 0.717) is 26.2 Å². The van der Waals surface area contributed by atoms with Gasteiger partial charge in [-0.3, -0.25) is 0 Å².